The third-order valence-corrected chi connectivity index (χ3v) is 7.29. The molecule has 0 spiro atoms. The van der Waals surface area contributed by atoms with Crippen LogP contribution in [-0.2, 0) is 26.5 Å². The van der Waals surface area contributed by atoms with Crippen LogP contribution in [0.2, 0.25) is 0 Å². The molecule has 0 heterocycles. The van der Waals surface area contributed by atoms with Crippen molar-refractivity contribution in [1.82, 2.24) is 0 Å². The second-order valence-corrected chi connectivity index (χ2v) is 10.3. The molecule has 3 aromatic rings. The van der Waals surface area contributed by atoms with Gasteiger partial charge in [0.05, 0.1) is 11.5 Å². The molecule has 0 aromatic heterocycles. The Morgan fingerprint density at radius 2 is 1.47 bits per heavy atom. The zero-order valence-electron chi connectivity index (χ0n) is 16.7. The second kappa shape index (κ2) is 9.46. The number of carbonyl (C=O) groups excluding carboxylic acids is 1. The van der Waals surface area contributed by atoms with Crippen molar-refractivity contribution in [1.29, 1.82) is 0 Å². The second-order valence-electron chi connectivity index (χ2n) is 6.82. The summed E-state index contributed by atoms with van der Waals surface area (Å²) in [6.45, 7) is -0.402. The Hall–Kier alpha value is -3.29. The molecular formula is C23H19NO6S2. The lowest BCUT2D eigenvalue weighted by molar-refractivity contribution is 0.102. The van der Waals surface area contributed by atoms with Crippen molar-refractivity contribution in [3.63, 3.8) is 0 Å². The molecule has 0 saturated heterocycles. The van der Waals surface area contributed by atoms with Crippen molar-refractivity contribution in [3.05, 3.63) is 95.1 Å². The standard InChI is InChI=1S/C23H19NO6S2/c24-32(29,30)23-9-5-4-8-22(23)31(27,28)16-21(26)19-13-12-18(20(14-19)15-25)11-10-17-6-2-1-3-7-17/h1-9,12-14,25H,15-16H2,(H2,24,29,30). The van der Waals surface area contributed by atoms with Gasteiger partial charge in [-0.25, -0.2) is 22.0 Å². The van der Waals surface area contributed by atoms with Gasteiger partial charge >= 0.3 is 0 Å². The van der Waals surface area contributed by atoms with E-state index in [4.69, 9.17) is 5.14 Å². The van der Waals surface area contributed by atoms with Crippen LogP contribution in [0.25, 0.3) is 0 Å². The van der Waals surface area contributed by atoms with E-state index in [2.05, 4.69) is 11.8 Å². The van der Waals surface area contributed by atoms with Gasteiger partial charge in [-0.15, -0.1) is 0 Å². The molecule has 0 radical (unpaired) electrons. The summed E-state index contributed by atoms with van der Waals surface area (Å²) in [6.07, 6.45) is 0. The van der Waals surface area contributed by atoms with Crippen molar-refractivity contribution in [3.8, 4) is 11.8 Å². The molecule has 0 atom stereocenters. The van der Waals surface area contributed by atoms with Gasteiger partial charge in [-0.05, 0) is 42.0 Å². The topological polar surface area (TPSA) is 132 Å². The molecule has 3 N–H and O–H groups in total. The number of sulfonamides is 1. The smallest absolute Gasteiger partial charge is 0.239 e. The van der Waals surface area contributed by atoms with Gasteiger partial charge in [-0.3, -0.25) is 4.79 Å². The number of Topliss-reactive ketones (excluding diaryl/α,β-unsaturated/α-hetero) is 1. The van der Waals surface area contributed by atoms with Crippen LogP contribution in [-0.4, -0.2) is 33.5 Å². The SMILES string of the molecule is NS(=O)(=O)c1ccccc1S(=O)(=O)CC(=O)c1ccc(C#Cc2ccccc2)c(CO)c1. The van der Waals surface area contributed by atoms with E-state index in [0.29, 0.717) is 11.1 Å². The summed E-state index contributed by atoms with van der Waals surface area (Å²) >= 11 is 0. The minimum atomic E-state index is -4.30. The molecule has 0 fully saturated rings. The van der Waals surface area contributed by atoms with Gasteiger partial charge in [-0.1, -0.05) is 48.2 Å². The van der Waals surface area contributed by atoms with Crippen LogP contribution in [0.3, 0.4) is 0 Å². The molecule has 32 heavy (non-hydrogen) atoms. The largest absolute Gasteiger partial charge is 0.392 e. The summed E-state index contributed by atoms with van der Waals surface area (Å²) in [6, 6.07) is 18.3. The predicted molar refractivity (Wildman–Crippen MR) is 119 cm³/mol. The minimum Gasteiger partial charge on any atom is -0.392 e. The number of benzene rings is 3. The fourth-order valence-electron chi connectivity index (χ4n) is 2.96. The summed E-state index contributed by atoms with van der Waals surface area (Å²) in [5.41, 5.74) is 1.68. The highest BCUT2D eigenvalue weighted by Gasteiger charge is 2.27. The maximum absolute atomic E-state index is 12.8. The molecular weight excluding hydrogens is 450 g/mol. The summed E-state index contributed by atoms with van der Waals surface area (Å²) < 4.78 is 49.0. The molecule has 0 amide bonds. The molecule has 9 heteroatoms. The van der Waals surface area contributed by atoms with E-state index in [1.165, 1.54) is 30.3 Å². The van der Waals surface area contributed by atoms with E-state index in [9.17, 15) is 26.7 Å². The fourth-order valence-corrected chi connectivity index (χ4v) is 5.63. The van der Waals surface area contributed by atoms with Gasteiger partial charge in [0.15, 0.2) is 15.6 Å². The quantitative estimate of drug-likeness (QED) is 0.419. The Morgan fingerprint density at radius 3 is 2.09 bits per heavy atom. The van der Waals surface area contributed by atoms with Gasteiger partial charge in [0.2, 0.25) is 10.0 Å². The lowest BCUT2D eigenvalue weighted by Crippen LogP contribution is -2.21. The molecule has 0 aliphatic rings. The Kier molecular flexibility index (Phi) is 6.91. The fraction of sp³-hybridized carbons (Fsp3) is 0.0870. The van der Waals surface area contributed by atoms with Crippen molar-refractivity contribution < 1.29 is 26.7 Å². The van der Waals surface area contributed by atoms with Crippen LogP contribution in [0.15, 0.2) is 82.6 Å². The normalized spacial score (nSPS) is 11.4. The first kappa shape index (κ1) is 23.4. The molecule has 3 aromatic carbocycles. The summed E-state index contributed by atoms with van der Waals surface area (Å²) in [7, 11) is -8.60. The number of sulfone groups is 1. The van der Waals surface area contributed by atoms with Crippen molar-refractivity contribution >= 4 is 25.6 Å². The van der Waals surface area contributed by atoms with Crippen molar-refractivity contribution in [2.45, 2.75) is 16.4 Å². The lowest BCUT2D eigenvalue weighted by Gasteiger charge is -2.09. The van der Waals surface area contributed by atoms with Crippen LogP contribution in [0, 0.1) is 11.8 Å². The average Bonchev–Trinajstić information content (AvgIpc) is 2.77. The Balaban J connectivity index is 1.90. The monoisotopic (exact) mass is 469 g/mol. The first-order chi connectivity index (χ1) is 15.1. The Morgan fingerprint density at radius 1 is 0.844 bits per heavy atom. The first-order valence-electron chi connectivity index (χ1n) is 9.30. The number of ketones is 1. The van der Waals surface area contributed by atoms with E-state index in [1.54, 1.807) is 0 Å². The van der Waals surface area contributed by atoms with Gasteiger partial charge < -0.3 is 5.11 Å². The van der Waals surface area contributed by atoms with E-state index in [1.807, 2.05) is 30.3 Å². The van der Waals surface area contributed by atoms with Gasteiger partial charge in [0, 0.05) is 16.7 Å². The zero-order valence-corrected chi connectivity index (χ0v) is 18.4. The highest BCUT2D eigenvalue weighted by Crippen LogP contribution is 2.22. The number of primary sulfonamides is 1. The van der Waals surface area contributed by atoms with Gasteiger partial charge in [0.1, 0.15) is 10.6 Å². The molecule has 7 nitrogen and oxygen atoms in total. The third kappa shape index (κ3) is 5.49. The number of rotatable bonds is 6. The Labute approximate surface area is 186 Å². The molecule has 3 rings (SSSR count). The van der Waals surface area contributed by atoms with E-state index in [-0.39, 0.29) is 5.56 Å². The third-order valence-electron chi connectivity index (χ3n) is 4.52. The summed E-state index contributed by atoms with van der Waals surface area (Å²) in [5, 5.41) is 14.8. The van der Waals surface area contributed by atoms with Gasteiger partial charge in [0.25, 0.3) is 0 Å². The predicted octanol–water partition coefficient (Wildman–Crippen LogP) is 1.88. The maximum atomic E-state index is 12.8. The van der Waals surface area contributed by atoms with Gasteiger partial charge in [-0.2, -0.15) is 0 Å². The number of nitrogens with two attached hydrogens (primary N) is 1. The number of aliphatic hydroxyl groups is 1. The maximum Gasteiger partial charge on any atom is 0.239 e. The van der Waals surface area contributed by atoms with Crippen LogP contribution in [0.4, 0.5) is 0 Å². The molecule has 0 saturated carbocycles. The van der Waals surface area contributed by atoms with E-state index >= 15 is 0 Å². The number of hydrogen-bond donors (Lipinski definition) is 2. The zero-order chi connectivity index (χ0) is 23.4. The van der Waals surface area contributed by atoms with Crippen molar-refractivity contribution in [2.24, 2.45) is 5.14 Å². The molecule has 0 aliphatic heterocycles. The number of aliphatic hydroxyl groups excluding tert-OH is 1. The van der Waals surface area contributed by atoms with Crippen LogP contribution < -0.4 is 5.14 Å². The molecule has 0 unspecified atom stereocenters. The van der Waals surface area contributed by atoms with E-state index < -0.39 is 47.8 Å². The highest BCUT2D eigenvalue weighted by atomic mass is 32.2. The van der Waals surface area contributed by atoms with Crippen molar-refractivity contribution in [2.75, 3.05) is 5.75 Å². The van der Waals surface area contributed by atoms with Crippen LogP contribution in [0.5, 0.6) is 0 Å². The highest BCUT2D eigenvalue weighted by molar-refractivity contribution is 7.94. The molecule has 164 valence electrons. The average molecular weight is 470 g/mol. The summed E-state index contributed by atoms with van der Waals surface area (Å²) in [5.74, 6) is 4.16. The molecule has 0 aliphatic carbocycles. The minimum absolute atomic E-state index is 0.0518. The summed E-state index contributed by atoms with van der Waals surface area (Å²) in [4.78, 5) is 11.6. The van der Waals surface area contributed by atoms with Crippen LogP contribution >= 0.6 is 0 Å². The van der Waals surface area contributed by atoms with Crippen LogP contribution in [0.1, 0.15) is 27.0 Å². The van der Waals surface area contributed by atoms with E-state index in [0.717, 1.165) is 17.7 Å². The lowest BCUT2D eigenvalue weighted by atomic mass is 10.0. The number of hydrogen-bond acceptors (Lipinski definition) is 6. The Bertz CT molecular complexity index is 1430. The first-order valence-corrected chi connectivity index (χ1v) is 12.5. The number of carbonyl (C=O) groups is 1. The molecule has 0 bridgehead atoms.